The average Bonchev–Trinajstić information content (AvgIpc) is 2.51. The summed E-state index contributed by atoms with van der Waals surface area (Å²) in [6.07, 6.45) is 1.77. The van der Waals surface area contributed by atoms with Crippen molar-refractivity contribution in [3.8, 4) is 0 Å². The summed E-state index contributed by atoms with van der Waals surface area (Å²) in [5.41, 5.74) is -0.859. The molecule has 0 bridgehead atoms. The minimum Gasteiger partial charge on any atom is -0.469 e. The van der Waals surface area contributed by atoms with Gasteiger partial charge >= 0.3 is 11.9 Å². The van der Waals surface area contributed by atoms with E-state index in [1.807, 2.05) is 0 Å². The fourth-order valence-corrected chi connectivity index (χ4v) is 2.98. The molecule has 0 aromatic rings. The Kier molecular flexibility index (Phi) is 9.60. The quantitative estimate of drug-likeness (QED) is 0.205. The third-order valence-corrected chi connectivity index (χ3v) is 4.36. The highest BCUT2D eigenvalue weighted by Gasteiger charge is 2.38. The zero-order chi connectivity index (χ0) is 17.2. The molecule has 0 rings (SSSR count). The monoisotopic (exact) mass is 332 g/mol. The van der Waals surface area contributed by atoms with Crippen LogP contribution >= 0.6 is 11.8 Å². The van der Waals surface area contributed by atoms with Crippen molar-refractivity contribution >= 4 is 23.7 Å². The van der Waals surface area contributed by atoms with Crippen molar-refractivity contribution in [2.45, 2.75) is 20.3 Å². The summed E-state index contributed by atoms with van der Waals surface area (Å²) in [4.78, 5) is 27.9. The SMILES string of the molecule is C=CCOC(=O)C(C)CC(C)(CSCC(=C)OO)C(=O)OC. The molecule has 0 spiro atoms. The molecule has 0 aliphatic carbocycles. The van der Waals surface area contributed by atoms with Crippen molar-refractivity contribution in [1.29, 1.82) is 0 Å². The lowest BCUT2D eigenvalue weighted by atomic mass is 9.83. The highest BCUT2D eigenvalue weighted by Crippen LogP contribution is 2.32. The van der Waals surface area contributed by atoms with Gasteiger partial charge in [-0.2, -0.15) is 11.8 Å². The Morgan fingerprint density at radius 3 is 2.59 bits per heavy atom. The Morgan fingerprint density at radius 1 is 1.45 bits per heavy atom. The largest absolute Gasteiger partial charge is 0.469 e. The third kappa shape index (κ3) is 7.00. The summed E-state index contributed by atoms with van der Waals surface area (Å²) < 4.78 is 9.83. The molecule has 6 nitrogen and oxygen atoms in total. The predicted molar refractivity (Wildman–Crippen MR) is 85.2 cm³/mol. The van der Waals surface area contributed by atoms with Gasteiger partial charge in [0.25, 0.3) is 0 Å². The van der Waals surface area contributed by atoms with Gasteiger partial charge in [0.2, 0.25) is 0 Å². The van der Waals surface area contributed by atoms with Crippen LogP contribution in [0.15, 0.2) is 25.0 Å². The van der Waals surface area contributed by atoms with E-state index in [-0.39, 0.29) is 24.8 Å². The fourth-order valence-electron chi connectivity index (χ4n) is 1.91. The number of thioether (sulfide) groups is 1. The Balaban J connectivity index is 4.73. The van der Waals surface area contributed by atoms with Crippen molar-refractivity contribution in [2.24, 2.45) is 11.3 Å². The number of hydrogen-bond acceptors (Lipinski definition) is 7. The molecule has 0 amide bonds. The molecule has 0 aliphatic rings. The number of methoxy groups -OCH3 is 1. The second kappa shape index (κ2) is 10.3. The van der Waals surface area contributed by atoms with Crippen molar-refractivity contribution in [3.05, 3.63) is 25.0 Å². The van der Waals surface area contributed by atoms with Crippen molar-refractivity contribution in [3.63, 3.8) is 0 Å². The lowest BCUT2D eigenvalue weighted by Crippen LogP contribution is -2.35. The van der Waals surface area contributed by atoms with Gasteiger partial charge in [0, 0.05) is 5.75 Å². The highest BCUT2D eigenvalue weighted by molar-refractivity contribution is 7.99. The van der Waals surface area contributed by atoms with Gasteiger partial charge in [0.15, 0.2) is 0 Å². The van der Waals surface area contributed by atoms with E-state index in [4.69, 9.17) is 14.7 Å². The maximum atomic E-state index is 12.0. The lowest BCUT2D eigenvalue weighted by molar-refractivity contribution is -0.201. The van der Waals surface area contributed by atoms with Crippen LogP contribution in [0, 0.1) is 11.3 Å². The summed E-state index contributed by atoms with van der Waals surface area (Å²) in [6.45, 7) is 10.5. The topological polar surface area (TPSA) is 82.1 Å². The molecule has 22 heavy (non-hydrogen) atoms. The van der Waals surface area contributed by atoms with Gasteiger partial charge in [-0.15, -0.1) is 0 Å². The first-order valence-corrected chi connectivity index (χ1v) is 7.89. The molecule has 0 heterocycles. The van der Waals surface area contributed by atoms with Gasteiger partial charge in [0.1, 0.15) is 12.4 Å². The van der Waals surface area contributed by atoms with E-state index in [1.54, 1.807) is 13.8 Å². The first-order valence-electron chi connectivity index (χ1n) is 6.73. The van der Waals surface area contributed by atoms with Gasteiger partial charge in [-0.3, -0.25) is 9.59 Å². The van der Waals surface area contributed by atoms with E-state index in [0.717, 1.165) is 0 Å². The molecule has 1 N–H and O–H groups in total. The van der Waals surface area contributed by atoms with Gasteiger partial charge in [-0.05, 0) is 13.3 Å². The highest BCUT2D eigenvalue weighted by atomic mass is 32.2. The van der Waals surface area contributed by atoms with E-state index in [9.17, 15) is 9.59 Å². The van der Waals surface area contributed by atoms with Crippen LogP contribution in [0.1, 0.15) is 20.3 Å². The van der Waals surface area contributed by atoms with E-state index in [0.29, 0.717) is 11.5 Å². The average molecular weight is 332 g/mol. The van der Waals surface area contributed by atoms with Gasteiger partial charge in [-0.1, -0.05) is 26.2 Å². The Labute approximate surface area is 135 Å². The third-order valence-electron chi connectivity index (χ3n) is 2.99. The maximum absolute atomic E-state index is 12.0. The van der Waals surface area contributed by atoms with E-state index >= 15 is 0 Å². The molecule has 0 aliphatic heterocycles. The summed E-state index contributed by atoms with van der Waals surface area (Å²) in [7, 11) is 1.31. The summed E-state index contributed by atoms with van der Waals surface area (Å²) in [5, 5.41) is 8.45. The summed E-state index contributed by atoms with van der Waals surface area (Å²) >= 11 is 1.35. The van der Waals surface area contributed by atoms with E-state index < -0.39 is 17.3 Å². The Hall–Kier alpha value is -1.47. The van der Waals surface area contributed by atoms with Crippen LogP contribution in [0.3, 0.4) is 0 Å². The van der Waals surface area contributed by atoms with Crippen LogP contribution in [0.25, 0.3) is 0 Å². The molecule has 0 aromatic heterocycles. The molecule has 0 fully saturated rings. The second-order valence-corrected chi connectivity index (χ2v) is 6.18. The minimum atomic E-state index is -0.859. The molecule has 7 heteroatoms. The number of esters is 2. The summed E-state index contributed by atoms with van der Waals surface area (Å²) in [5.74, 6) is -0.334. The first-order chi connectivity index (χ1) is 10.3. The zero-order valence-corrected chi connectivity index (χ0v) is 14.1. The van der Waals surface area contributed by atoms with Crippen molar-refractivity contribution in [1.82, 2.24) is 0 Å². The molecule has 2 atom stereocenters. The fraction of sp³-hybridized carbons (Fsp3) is 0.600. The van der Waals surface area contributed by atoms with Gasteiger partial charge < -0.3 is 14.4 Å². The summed E-state index contributed by atoms with van der Waals surface area (Å²) in [6, 6.07) is 0. The standard InChI is InChI=1S/C15H24O6S/c1-6-7-20-13(16)11(2)8-15(4,14(17)19-5)10-22-9-12(3)21-18/h6,11,18H,1,3,7-10H2,2,4-5H3. The molecule has 0 aromatic carbocycles. The normalized spacial score (nSPS) is 14.4. The molecular formula is C15H24O6S. The van der Waals surface area contributed by atoms with Crippen LogP contribution in [0.5, 0.6) is 0 Å². The Bertz CT molecular complexity index is 409. The Morgan fingerprint density at radius 2 is 2.09 bits per heavy atom. The molecule has 0 saturated carbocycles. The van der Waals surface area contributed by atoms with Gasteiger partial charge in [0.05, 0.1) is 24.2 Å². The molecule has 0 saturated heterocycles. The zero-order valence-electron chi connectivity index (χ0n) is 13.3. The number of carbonyl (C=O) groups is 2. The second-order valence-electron chi connectivity index (χ2n) is 5.20. The van der Waals surface area contributed by atoms with Gasteiger partial charge in [-0.25, -0.2) is 5.26 Å². The molecule has 2 unspecified atom stereocenters. The van der Waals surface area contributed by atoms with E-state index in [2.05, 4.69) is 18.0 Å². The molecular weight excluding hydrogens is 308 g/mol. The number of ether oxygens (including phenoxy) is 2. The van der Waals surface area contributed by atoms with Crippen molar-refractivity contribution < 1.29 is 29.2 Å². The number of hydrogen-bond donors (Lipinski definition) is 1. The number of carbonyl (C=O) groups excluding carboxylic acids is 2. The van der Waals surface area contributed by atoms with Crippen molar-refractivity contribution in [2.75, 3.05) is 25.2 Å². The lowest BCUT2D eigenvalue weighted by Gasteiger charge is -2.28. The number of rotatable bonds is 11. The van der Waals surface area contributed by atoms with Crippen LogP contribution in [0.4, 0.5) is 0 Å². The van der Waals surface area contributed by atoms with Crippen LogP contribution in [0.2, 0.25) is 0 Å². The minimum absolute atomic E-state index is 0.139. The van der Waals surface area contributed by atoms with Crippen LogP contribution < -0.4 is 0 Å². The smallest absolute Gasteiger partial charge is 0.312 e. The molecule has 126 valence electrons. The first kappa shape index (κ1) is 20.5. The predicted octanol–water partition coefficient (Wildman–Crippen LogP) is 2.66. The van der Waals surface area contributed by atoms with E-state index in [1.165, 1.54) is 24.9 Å². The van der Waals surface area contributed by atoms with Crippen LogP contribution in [-0.2, 0) is 24.0 Å². The molecule has 0 radical (unpaired) electrons. The maximum Gasteiger partial charge on any atom is 0.312 e. The van der Waals surface area contributed by atoms with Crippen LogP contribution in [-0.4, -0.2) is 42.4 Å².